The van der Waals surface area contributed by atoms with E-state index in [4.69, 9.17) is 10.5 Å². The fourth-order valence-corrected chi connectivity index (χ4v) is 2.71. The summed E-state index contributed by atoms with van der Waals surface area (Å²) < 4.78 is 5.23. The van der Waals surface area contributed by atoms with E-state index in [0.29, 0.717) is 17.0 Å². The van der Waals surface area contributed by atoms with Crippen LogP contribution in [0, 0.1) is 5.41 Å². The van der Waals surface area contributed by atoms with Crippen molar-refractivity contribution in [3.05, 3.63) is 23.8 Å². The molecule has 0 aliphatic rings. The summed E-state index contributed by atoms with van der Waals surface area (Å²) in [6.45, 7) is 10.5. The zero-order valence-corrected chi connectivity index (χ0v) is 13.3. The van der Waals surface area contributed by atoms with E-state index in [1.807, 2.05) is 13.8 Å². The van der Waals surface area contributed by atoms with E-state index < -0.39 is 0 Å². The number of anilines is 1. The molecule has 1 aromatic carbocycles. The first-order valence-corrected chi connectivity index (χ1v) is 6.81. The van der Waals surface area contributed by atoms with Gasteiger partial charge in [-0.3, -0.25) is 4.79 Å². The summed E-state index contributed by atoms with van der Waals surface area (Å²) in [4.78, 5) is 12.4. The number of hydrogen-bond acceptors (Lipinski definition) is 3. The number of methoxy groups -OCH3 is 1. The van der Waals surface area contributed by atoms with Crippen LogP contribution < -0.4 is 15.8 Å². The van der Waals surface area contributed by atoms with Crippen LogP contribution in [-0.4, -0.2) is 18.6 Å². The molecule has 0 saturated heterocycles. The molecular weight excluding hydrogens is 252 g/mol. The van der Waals surface area contributed by atoms with Gasteiger partial charge < -0.3 is 15.8 Å². The largest absolute Gasteiger partial charge is 0.494 e. The van der Waals surface area contributed by atoms with Crippen molar-refractivity contribution in [2.45, 2.75) is 46.6 Å². The van der Waals surface area contributed by atoms with Crippen LogP contribution in [-0.2, 0) is 0 Å². The molecule has 0 unspecified atom stereocenters. The molecule has 1 amide bonds. The zero-order valence-electron chi connectivity index (χ0n) is 13.3. The highest BCUT2D eigenvalue weighted by molar-refractivity contribution is 5.99. The van der Waals surface area contributed by atoms with Crippen molar-refractivity contribution < 1.29 is 9.53 Å². The minimum absolute atomic E-state index is 0.135. The van der Waals surface area contributed by atoms with Crippen LogP contribution in [0.3, 0.4) is 0 Å². The standard InChI is InChI=1S/C16H26N2O2/c1-15(2,3)10-16(4,5)18-14(19)11-8-7-9-12(17)13(11)20-6/h7-9H,10,17H2,1-6H3,(H,18,19). The summed E-state index contributed by atoms with van der Waals surface area (Å²) in [7, 11) is 1.52. The topological polar surface area (TPSA) is 64.3 Å². The highest BCUT2D eigenvalue weighted by Crippen LogP contribution is 2.29. The number of para-hydroxylation sites is 1. The van der Waals surface area contributed by atoms with E-state index in [2.05, 4.69) is 26.1 Å². The van der Waals surface area contributed by atoms with E-state index in [9.17, 15) is 4.79 Å². The SMILES string of the molecule is COc1c(N)cccc1C(=O)NC(C)(C)CC(C)(C)C. The smallest absolute Gasteiger partial charge is 0.255 e. The summed E-state index contributed by atoms with van der Waals surface area (Å²) in [5, 5.41) is 3.06. The quantitative estimate of drug-likeness (QED) is 0.831. The average Bonchev–Trinajstić information content (AvgIpc) is 2.24. The van der Waals surface area contributed by atoms with Gasteiger partial charge in [-0.05, 0) is 37.8 Å². The lowest BCUT2D eigenvalue weighted by atomic mass is 9.81. The van der Waals surface area contributed by atoms with Gasteiger partial charge in [-0.1, -0.05) is 26.8 Å². The van der Waals surface area contributed by atoms with Crippen LogP contribution in [0.4, 0.5) is 5.69 Å². The maximum atomic E-state index is 12.4. The van der Waals surface area contributed by atoms with E-state index in [1.54, 1.807) is 18.2 Å². The second kappa shape index (κ2) is 5.73. The Hall–Kier alpha value is -1.71. The first-order valence-electron chi connectivity index (χ1n) is 6.81. The fourth-order valence-electron chi connectivity index (χ4n) is 2.71. The maximum Gasteiger partial charge on any atom is 0.255 e. The Bertz CT molecular complexity index is 488. The van der Waals surface area contributed by atoms with E-state index >= 15 is 0 Å². The molecule has 0 saturated carbocycles. The molecule has 4 heteroatoms. The molecule has 0 heterocycles. The molecule has 0 spiro atoms. The van der Waals surface area contributed by atoms with Gasteiger partial charge in [0, 0.05) is 5.54 Å². The van der Waals surface area contributed by atoms with E-state index in [0.717, 1.165) is 6.42 Å². The van der Waals surface area contributed by atoms with Crippen LogP contribution >= 0.6 is 0 Å². The molecule has 0 aromatic heterocycles. The Labute approximate surface area is 121 Å². The highest BCUT2D eigenvalue weighted by Gasteiger charge is 2.28. The number of carbonyl (C=O) groups excluding carboxylic acids is 1. The number of nitrogens with two attached hydrogens (primary N) is 1. The lowest BCUT2D eigenvalue weighted by Gasteiger charge is -2.33. The van der Waals surface area contributed by atoms with Crippen molar-refractivity contribution >= 4 is 11.6 Å². The Morgan fingerprint density at radius 2 is 1.85 bits per heavy atom. The van der Waals surface area contributed by atoms with Gasteiger partial charge in [0.25, 0.3) is 5.91 Å². The molecule has 0 atom stereocenters. The number of rotatable bonds is 4. The van der Waals surface area contributed by atoms with Crippen molar-refractivity contribution in [2.24, 2.45) is 5.41 Å². The maximum absolute atomic E-state index is 12.4. The van der Waals surface area contributed by atoms with Crippen LogP contribution in [0.15, 0.2) is 18.2 Å². The average molecular weight is 278 g/mol. The first-order chi connectivity index (χ1) is 9.06. The molecule has 0 aliphatic heterocycles. The van der Waals surface area contributed by atoms with Gasteiger partial charge in [-0.15, -0.1) is 0 Å². The molecule has 4 nitrogen and oxygen atoms in total. The molecule has 1 aromatic rings. The molecule has 0 aliphatic carbocycles. The van der Waals surface area contributed by atoms with Crippen molar-refractivity contribution in [3.8, 4) is 5.75 Å². The summed E-state index contributed by atoms with van der Waals surface area (Å²) >= 11 is 0. The highest BCUT2D eigenvalue weighted by atomic mass is 16.5. The molecular formula is C16H26N2O2. The Morgan fingerprint density at radius 1 is 1.25 bits per heavy atom. The first kappa shape index (κ1) is 16.3. The van der Waals surface area contributed by atoms with Gasteiger partial charge in [0.2, 0.25) is 0 Å². The predicted octanol–water partition coefficient (Wildman–Crippen LogP) is 3.22. The second-order valence-corrected chi connectivity index (χ2v) is 7.00. The monoisotopic (exact) mass is 278 g/mol. The lowest BCUT2D eigenvalue weighted by molar-refractivity contribution is 0.0888. The van der Waals surface area contributed by atoms with Crippen LogP contribution in [0.2, 0.25) is 0 Å². The van der Waals surface area contributed by atoms with Gasteiger partial charge in [0.1, 0.15) is 0 Å². The summed E-state index contributed by atoms with van der Waals surface area (Å²) in [5.74, 6) is 0.264. The lowest BCUT2D eigenvalue weighted by Crippen LogP contribution is -2.45. The fraction of sp³-hybridized carbons (Fsp3) is 0.562. The molecule has 0 fully saturated rings. The predicted molar refractivity (Wildman–Crippen MR) is 83.0 cm³/mol. The van der Waals surface area contributed by atoms with Crippen LogP contribution in [0.1, 0.15) is 51.4 Å². The van der Waals surface area contributed by atoms with Crippen LogP contribution in [0.5, 0.6) is 5.75 Å². The third kappa shape index (κ3) is 4.44. The van der Waals surface area contributed by atoms with E-state index in [-0.39, 0.29) is 16.9 Å². The Morgan fingerprint density at radius 3 is 2.35 bits per heavy atom. The minimum Gasteiger partial charge on any atom is -0.494 e. The summed E-state index contributed by atoms with van der Waals surface area (Å²) in [6.07, 6.45) is 0.871. The summed E-state index contributed by atoms with van der Waals surface area (Å²) in [5.41, 5.74) is 6.60. The van der Waals surface area contributed by atoms with Gasteiger partial charge in [0.15, 0.2) is 5.75 Å². The number of carbonyl (C=O) groups is 1. The molecule has 20 heavy (non-hydrogen) atoms. The number of nitrogens with one attached hydrogen (secondary N) is 1. The van der Waals surface area contributed by atoms with Gasteiger partial charge in [-0.25, -0.2) is 0 Å². The number of nitrogen functional groups attached to an aromatic ring is 1. The van der Waals surface area contributed by atoms with Crippen molar-refractivity contribution in [1.29, 1.82) is 0 Å². The summed E-state index contributed by atoms with van der Waals surface area (Å²) in [6, 6.07) is 5.19. The van der Waals surface area contributed by atoms with Gasteiger partial charge >= 0.3 is 0 Å². The third-order valence-electron chi connectivity index (χ3n) is 2.92. The second-order valence-electron chi connectivity index (χ2n) is 7.00. The molecule has 112 valence electrons. The van der Waals surface area contributed by atoms with Gasteiger partial charge in [0.05, 0.1) is 18.4 Å². The molecule has 3 N–H and O–H groups in total. The molecule has 1 rings (SSSR count). The Balaban J connectivity index is 2.95. The van der Waals surface area contributed by atoms with Crippen molar-refractivity contribution in [1.82, 2.24) is 5.32 Å². The minimum atomic E-state index is -0.301. The van der Waals surface area contributed by atoms with E-state index in [1.165, 1.54) is 7.11 Å². The normalized spacial score (nSPS) is 12.1. The number of ether oxygens (including phenoxy) is 1. The van der Waals surface area contributed by atoms with Gasteiger partial charge in [-0.2, -0.15) is 0 Å². The zero-order chi connectivity index (χ0) is 15.6. The third-order valence-corrected chi connectivity index (χ3v) is 2.92. The van der Waals surface area contributed by atoms with Crippen molar-refractivity contribution in [2.75, 3.05) is 12.8 Å². The molecule has 0 radical (unpaired) electrons. The number of amides is 1. The van der Waals surface area contributed by atoms with Crippen molar-refractivity contribution in [3.63, 3.8) is 0 Å². The van der Waals surface area contributed by atoms with Crippen LogP contribution in [0.25, 0.3) is 0 Å². The Kier molecular flexibility index (Phi) is 4.69. The number of benzene rings is 1. The molecule has 0 bridgehead atoms. The number of hydrogen-bond donors (Lipinski definition) is 2.